The molecule has 0 bridgehead atoms. The summed E-state index contributed by atoms with van der Waals surface area (Å²) in [6, 6.07) is 3.86. The fourth-order valence-electron chi connectivity index (χ4n) is 0.725. The number of aromatic nitrogens is 1. The van der Waals surface area contributed by atoms with Crippen LogP contribution in [0.2, 0.25) is 0 Å². The highest BCUT2D eigenvalue weighted by Gasteiger charge is 2.10. The van der Waals surface area contributed by atoms with E-state index >= 15 is 0 Å². The minimum atomic E-state index is -0.662. The summed E-state index contributed by atoms with van der Waals surface area (Å²) in [5.41, 5.74) is 2.37. The van der Waals surface area contributed by atoms with Crippen LogP contribution in [0.5, 0.6) is 0 Å². The van der Waals surface area contributed by atoms with E-state index in [9.17, 15) is 5.11 Å². The van der Waals surface area contributed by atoms with Crippen LogP contribution < -0.4 is 5.43 Å². The summed E-state index contributed by atoms with van der Waals surface area (Å²) in [4.78, 5) is 0. The minimum absolute atomic E-state index is 0.543. The molecule has 0 radical (unpaired) electrons. The van der Waals surface area contributed by atoms with E-state index in [-0.39, 0.29) is 0 Å². The molecule has 62 valence electrons. The molecular weight excluding hydrogens is 140 g/mol. The van der Waals surface area contributed by atoms with E-state index in [2.05, 4.69) is 5.43 Å². The summed E-state index contributed by atoms with van der Waals surface area (Å²) < 4.78 is 1.82. The monoisotopic (exact) mass is 154 g/mol. The Bertz CT molecular complexity index is 198. The highest BCUT2D eigenvalue weighted by Crippen LogP contribution is 1.98. The Morgan fingerprint density at radius 2 is 1.91 bits per heavy atom. The van der Waals surface area contributed by atoms with Gasteiger partial charge < -0.3 is 10.5 Å². The number of aliphatic hydroxyl groups is 1. The smallest absolute Gasteiger partial charge is 0.0779 e. The molecule has 1 heterocycles. The van der Waals surface area contributed by atoms with Crippen molar-refractivity contribution in [1.29, 1.82) is 0 Å². The molecule has 0 amide bonds. The first kappa shape index (κ1) is 8.14. The van der Waals surface area contributed by atoms with Crippen molar-refractivity contribution in [2.24, 2.45) is 0 Å². The molecule has 2 N–H and O–H groups in total. The van der Waals surface area contributed by atoms with Crippen LogP contribution in [0.15, 0.2) is 24.5 Å². The number of nitrogens with zero attached hydrogens (tertiary/aromatic N) is 1. The van der Waals surface area contributed by atoms with E-state index in [1.54, 1.807) is 13.8 Å². The Kier molecular flexibility index (Phi) is 2.19. The molecule has 3 heteroatoms. The second-order valence-electron chi connectivity index (χ2n) is 3.24. The maximum atomic E-state index is 9.34. The van der Waals surface area contributed by atoms with Crippen molar-refractivity contribution >= 4 is 0 Å². The van der Waals surface area contributed by atoms with Crippen LogP contribution in [0.4, 0.5) is 0 Å². The Morgan fingerprint density at radius 3 is 2.36 bits per heavy atom. The molecule has 0 aliphatic rings. The largest absolute Gasteiger partial charge is 0.389 e. The molecule has 0 saturated heterocycles. The van der Waals surface area contributed by atoms with Crippen LogP contribution >= 0.6 is 0 Å². The lowest BCUT2D eigenvalue weighted by Crippen LogP contribution is -2.33. The standard InChI is InChI=1S/C8H14N2O/c1-8(2,11)7-9-10-5-3-4-6-10/h3-6,9,11H,7H2,1-2H3. The predicted molar refractivity (Wildman–Crippen MR) is 45.0 cm³/mol. The quantitative estimate of drug-likeness (QED) is 0.675. The zero-order valence-corrected chi connectivity index (χ0v) is 6.91. The van der Waals surface area contributed by atoms with E-state index in [4.69, 9.17) is 0 Å². The molecule has 0 atom stereocenters. The van der Waals surface area contributed by atoms with Gasteiger partial charge in [0.15, 0.2) is 0 Å². The molecular formula is C8H14N2O. The second-order valence-corrected chi connectivity index (χ2v) is 3.24. The lowest BCUT2D eigenvalue weighted by molar-refractivity contribution is 0.0916. The molecule has 0 fully saturated rings. The van der Waals surface area contributed by atoms with Crippen LogP contribution in [0.25, 0.3) is 0 Å². The van der Waals surface area contributed by atoms with Gasteiger partial charge in [0.05, 0.1) is 12.1 Å². The fourth-order valence-corrected chi connectivity index (χ4v) is 0.725. The normalized spacial score (nSPS) is 11.5. The van der Waals surface area contributed by atoms with Crippen molar-refractivity contribution in [3.63, 3.8) is 0 Å². The fraction of sp³-hybridized carbons (Fsp3) is 0.500. The maximum absolute atomic E-state index is 9.34. The van der Waals surface area contributed by atoms with Gasteiger partial charge in [-0.15, -0.1) is 0 Å². The molecule has 1 rings (SSSR count). The van der Waals surface area contributed by atoms with Crippen molar-refractivity contribution in [1.82, 2.24) is 4.68 Å². The Morgan fingerprint density at radius 1 is 1.36 bits per heavy atom. The molecule has 11 heavy (non-hydrogen) atoms. The molecule has 1 aromatic heterocycles. The summed E-state index contributed by atoms with van der Waals surface area (Å²) in [6.45, 7) is 4.08. The van der Waals surface area contributed by atoms with Gasteiger partial charge >= 0.3 is 0 Å². The van der Waals surface area contributed by atoms with Gasteiger partial charge in [-0.05, 0) is 26.0 Å². The Balaban J connectivity index is 2.35. The van der Waals surface area contributed by atoms with Crippen LogP contribution in [0, 0.1) is 0 Å². The van der Waals surface area contributed by atoms with E-state index in [0.29, 0.717) is 6.54 Å². The third-order valence-electron chi connectivity index (χ3n) is 1.30. The second kappa shape index (κ2) is 2.96. The molecule has 1 aromatic rings. The highest BCUT2D eigenvalue weighted by molar-refractivity contribution is 4.94. The predicted octanol–water partition coefficient (Wildman–Crippen LogP) is 0.802. The SMILES string of the molecule is CC(C)(O)CNn1cccc1. The van der Waals surface area contributed by atoms with E-state index in [1.165, 1.54) is 0 Å². The summed E-state index contributed by atoms with van der Waals surface area (Å²) >= 11 is 0. The van der Waals surface area contributed by atoms with Gasteiger partial charge in [0.1, 0.15) is 0 Å². The van der Waals surface area contributed by atoms with Crippen LogP contribution in [0.3, 0.4) is 0 Å². The van der Waals surface area contributed by atoms with Gasteiger partial charge in [0.25, 0.3) is 0 Å². The maximum Gasteiger partial charge on any atom is 0.0779 e. The summed E-state index contributed by atoms with van der Waals surface area (Å²) in [6.07, 6.45) is 3.79. The van der Waals surface area contributed by atoms with Crippen molar-refractivity contribution < 1.29 is 5.11 Å². The summed E-state index contributed by atoms with van der Waals surface area (Å²) in [5, 5.41) is 9.34. The van der Waals surface area contributed by atoms with Crippen molar-refractivity contribution in [3.8, 4) is 0 Å². The minimum Gasteiger partial charge on any atom is -0.389 e. The van der Waals surface area contributed by atoms with Crippen molar-refractivity contribution in [2.45, 2.75) is 19.4 Å². The van der Waals surface area contributed by atoms with Gasteiger partial charge in [-0.1, -0.05) is 0 Å². The van der Waals surface area contributed by atoms with Crippen molar-refractivity contribution in [3.05, 3.63) is 24.5 Å². The number of hydrogen-bond donors (Lipinski definition) is 2. The number of rotatable bonds is 3. The van der Waals surface area contributed by atoms with Crippen LogP contribution in [-0.4, -0.2) is 21.9 Å². The first-order chi connectivity index (χ1) is 5.08. The third kappa shape index (κ3) is 3.09. The van der Waals surface area contributed by atoms with Gasteiger partial charge in [-0.2, -0.15) is 0 Å². The lowest BCUT2D eigenvalue weighted by atomic mass is 10.1. The first-order valence-electron chi connectivity index (χ1n) is 3.67. The average Bonchev–Trinajstić information content (AvgIpc) is 2.32. The van der Waals surface area contributed by atoms with Crippen LogP contribution in [-0.2, 0) is 0 Å². The highest BCUT2D eigenvalue weighted by atomic mass is 16.3. The number of hydrogen-bond acceptors (Lipinski definition) is 2. The Labute approximate surface area is 66.6 Å². The average molecular weight is 154 g/mol. The van der Waals surface area contributed by atoms with Gasteiger partial charge in [-0.3, -0.25) is 4.68 Å². The molecule has 0 aromatic carbocycles. The summed E-state index contributed by atoms with van der Waals surface area (Å²) in [7, 11) is 0. The Hall–Kier alpha value is -0.960. The lowest BCUT2D eigenvalue weighted by Gasteiger charge is -2.18. The summed E-state index contributed by atoms with van der Waals surface area (Å²) in [5.74, 6) is 0. The molecule has 0 aliphatic carbocycles. The van der Waals surface area contributed by atoms with Crippen molar-refractivity contribution in [2.75, 3.05) is 12.0 Å². The van der Waals surface area contributed by atoms with E-state index in [1.807, 2.05) is 29.2 Å². The molecule has 0 aliphatic heterocycles. The van der Waals surface area contributed by atoms with Gasteiger partial charge in [0.2, 0.25) is 0 Å². The molecule has 0 spiro atoms. The molecule has 3 nitrogen and oxygen atoms in total. The zero-order valence-electron chi connectivity index (χ0n) is 6.91. The first-order valence-corrected chi connectivity index (χ1v) is 3.67. The van der Waals surface area contributed by atoms with E-state index < -0.39 is 5.60 Å². The van der Waals surface area contributed by atoms with Crippen LogP contribution in [0.1, 0.15) is 13.8 Å². The zero-order chi connectivity index (χ0) is 8.32. The van der Waals surface area contributed by atoms with Gasteiger partial charge in [0, 0.05) is 12.4 Å². The topological polar surface area (TPSA) is 37.2 Å². The molecule has 0 unspecified atom stereocenters. The van der Waals surface area contributed by atoms with E-state index in [0.717, 1.165) is 0 Å². The third-order valence-corrected chi connectivity index (χ3v) is 1.30. The number of nitrogens with one attached hydrogen (secondary N) is 1. The van der Waals surface area contributed by atoms with Gasteiger partial charge in [-0.25, -0.2) is 0 Å². The molecule has 0 saturated carbocycles.